The minimum atomic E-state index is -3.63. The number of pyridine rings is 1. The Hall–Kier alpha value is -2.65. The number of hydrogen-bond donors (Lipinski definition) is 2. The lowest BCUT2D eigenvalue weighted by molar-refractivity contribution is 0.0500. The minimum absolute atomic E-state index is 0.0220. The summed E-state index contributed by atoms with van der Waals surface area (Å²) in [5, 5.41) is 5.43. The van der Waals surface area contributed by atoms with Crippen LogP contribution < -0.4 is 10.6 Å². The maximum Gasteiger partial charge on any atom is 0.408 e. The minimum Gasteiger partial charge on any atom is -0.444 e. The summed E-state index contributed by atoms with van der Waals surface area (Å²) in [4.78, 5) is 28.7. The second kappa shape index (κ2) is 8.23. The number of rotatable bonds is 3. The van der Waals surface area contributed by atoms with E-state index < -0.39 is 33.5 Å². The van der Waals surface area contributed by atoms with Crippen molar-refractivity contribution in [1.29, 1.82) is 0 Å². The van der Waals surface area contributed by atoms with Gasteiger partial charge >= 0.3 is 6.09 Å². The highest BCUT2D eigenvalue weighted by molar-refractivity contribution is 7.91. The van der Waals surface area contributed by atoms with Crippen LogP contribution in [0.4, 0.5) is 10.5 Å². The molecule has 160 valence electrons. The SMILES string of the molecule is CC(C)(C)OC(=O)N[C@H]1CCS(=O)(=O)c2cc(C(=O)Nc3ccncc3)c(Cl)cc21. The van der Waals surface area contributed by atoms with E-state index in [-0.39, 0.29) is 27.7 Å². The third kappa shape index (κ3) is 5.09. The number of anilines is 1. The topological polar surface area (TPSA) is 114 Å². The number of alkyl carbamates (subject to hydrolysis) is 1. The summed E-state index contributed by atoms with van der Waals surface area (Å²) in [5.41, 5.74) is 0.155. The van der Waals surface area contributed by atoms with Crippen LogP contribution in [0.15, 0.2) is 41.6 Å². The van der Waals surface area contributed by atoms with Crippen molar-refractivity contribution in [3.8, 4) is 0 Å². The average molecular weight is 452 g/mol. The van der Waals surface area contributed by atoms with Gasteiger partial charge in [-0.3, -0.25) is 9.78 Å². The molecule has 1 aliphatic heterocycles. The molecule has 2 heterocycles. The average Bonchev–Trinajstić information content (AvgIpc) is 2.63. The first-order valence-corrected chi connectivity index (χ1v) is 11.3. The first-order valence-electron chi connectivity index (χ1n) is 9.23. The van der Waals surface area contributed by atoms with Gasteiger partial charge < -0.3 is 15.4 Å². The molecule has 0 unspecified atom stereocenters. The van der Waals surface area contributed by atoms with Crippen molar-refractivity contribution in [3.63, 3.8) is 0 Å². The summed E-state index contributed by atoms with van der Waals surface area (Å²) in [6, 6.07) is 5.26. The molecule has 3 rings (SSSR count). The number of amides is 2. The van der Waals surface area contributed by atoms with Crippen LogP contribution in [0.3, 0.4) is 0 Å². The fourth-order valence-electron chi connectivity index (χ4n) is 3.06. The molecule has 0 spiro atoms. The lowest BCUT2D eigenvalue weighted by atomic mass is 10.0. The van der Waals surface area contributed by atoms with Gasteiger partial charge in [-0.25, -0.2) is 13.2 Å². The van der Waals surface area contributed by atoms with Gasteiger partial charge in [0.15, 0.2) is 9.84 Å². The lowest BCUT2D eigenvalue weighted by Gasteiger charge is -2.28. The Labute approximate surface area is 179 Å². The smallest absolute Gasteiger partial charge is 0.408 e. The van der Waals surface area contributed by atoms with Crippen LogP contribution in [0.5, 0.6) is 0 Å². The van der Waals surface area contributed by atoms with Gasteiger partial charge in [0.2, 0.25) is 0 Å². The first-order chi connectivity index (χ1) is 14.0. The molecule has 2 aromatic rings. The second-order valence-corrected chi connectivity index (χ2v) is 10.4. The van der Waals surface area contributed by atoms with Gasteiger partial charge in [-0.05, 0) is 57.0 Å². The largest absolute Gasteiger partial charge is 0.444 e. The van der Waals surface area contributed by atoms with Gasteiger partial charge in [-0.2, -0.15) is 0 Å². The van der Waals surface area contributed by atoms with Crippen LogP contribution in [0.2, 0.25) is 5.02 Å². The van der Waals surface area contributed by atoms with Crippen LogP contribution >= 0.6 is 11.6 Å². The highest BCUT2D eigenvalue weighted by atomic mass is 35.5. The first kappa shape index (κ1) is 22.0. The molecule has 30 heavy (non-hydrogen) atoms. The number of benzene rings is 1. The number of fused-ring (bicyclic) bond motifs is 1. The molecule has 10 heteroatoms. The third-order valence-corrected chi connectivity index (χ3v) is 6.47. The zero-order valence-electron chi connectivity index (χ0n) is 16.7. The molecule has 2 N–H and O–H groups in total. The van der Waals surface area contributed by atoms with Gasteiger partial charge in [0, 0.05) is 18.1 Å². The van der Waals surface area contributed by atoms with Crippen LogP contribution in [0.1, 0.15) is 49.2 Å². The number of nitrogens with zero attached hydrogens (tertiary/aromatic N) is 1. The molecule has 0 saturated carbocycles. The van der Waals surface area contributed by atoms with Crippen molar-refractivity contribution in [2.75, 3.05) is 11.1 Å². The normalized spacial score (nSPS) is 17.5. The van der Waals surface area contributed by atoms with Crippen LogP contribution in [0.25, 0.3) is 0 Å². The molecule has 0 aliphatic carbocycles. The maximum absolute atomic E-state index is 12.7. The van der Waals surface area contributed by atoms with Gasteiger partial charge in [0.05, 0.1) is 27.3 Å². The van der Waals surface area contributed by atoms with E-state index in [4.69, 9.17) is 16.3 Å². The summed E-state index contributed by atoms with van der Waals surface area (Å²) in [6.07, 6.45) is 2.55. The van der Waals surface area contributed by atoms with E-state index in [1.54, 1.807) is 32.9 Å². The Morgan fingerprint density at radius 2 is 1.87 bits per heavy atom. The monoisotopic (exact) mass is 451 g/mol. The van der Waals surface area contributed by atoms with E-state index in [1.165, 1.54) is 24.5 Å². The number of carbonyl (C=O) groups excluding carboxylic acids is 2. The highest BCUT2D eigenvalue weighted by Gasteiger charge is 2.34. The molecule has 8 nitrogen and oxygen atoms in total. The maximum atomic E-state index is 12.7. The van der Waals surface area contributed by atoms with Crippen molar-refractivity contribution in [3.05, 3.63) is 52.8 Å². The van der Waals surface area contributed by atoms with Crippen molar-refractivity contribution < 1.29 is 22.7 Å². The number of sulfone groups is 1. The van der Waals surface area contributed by atoms with Crippen LogP contribution in [-0.4, -0.2) is 36.8 Å². The van der Waals surface area contributed by atoms with E-state index in [9.17, 15) is 18.0 Å². The zero-order valence-corrected chi connectivity index (χ0v) is 18.3. The van der Waals surface area contributed by atoms with Crippen LogP contribution in [0, 0.1) is 0 Å². The predicted molar refractivity (Wildman–Crippen MR) is 112 cm³/mol. The summed E-state index contributed by atoms with van der Waals surface area (Å²) in [5.74, 6) is -0.723. The molecular formula is C20H22ClN3O5S. The third-order valence-electron chi connectivity index (χ3n) is 4.36. The Morgan fingerprint density at radius 1 is 1.20 bits per heavy atom. The number of hydrogen-bond acceptors (Lipinski definition) is 6. The molecule has 1 aromatic heterocycles. The Kier molecular flexibility index (Phi) is 6.05. The molecule has 1 atom stereocenters. The van der Waals surface area contributed by atoms with E-state index in [0.717, 1.165) is 0 Å². The molecule has 1 aromatic carbocycles. The molecular weight excluding hydrogens is 430 g/mol. The van der Waals surface area contributed by atoms with Crippen LogP contribution in [-0.2, 0) is 14.6 Å². The summed E-state index contributed by atoms with van der Waals surface area (Å²) in [7, 11) is -3.63. The second-order valence-electron chi connectivity index (χ2n) is 7.87. The fourth-order valence-corrected chi connectivity index (χ4v) is 4.94. The van der Waals surface area contributed by atoms with E-state index in [0.29, 0.717) is 11.3 Å². The fraction of sp³-hybridized carbons (Fsp3) is 0.350. The zero-order chi connectivity index (χ0) is 22.1. The van der Waals surface area contributed by atoms with Crippen molar-refractivity contribution in [2.24, 2.45) is 0 Å². The molecule has 1 aliphatic rings. The van der Waals surface area contributed by atoms with Gasteiger partial charge in [-0.1, -0.05) is 11.6 Å². The van der Waals surface area contributed by atoms with Crippen molar-refractivity contribution >= 4 is 39.1 Å². The number of halogens is 1. The van der Waals surface area contributed by atoms with E-state index >= 15 is 0 Å². The standard InChI is InChI=1S/C20H22ClN3O5S/c1-20(2,3)29-19(26)24-16-6-9-30(27,28)17-11-13(15(21)10-14(16)17)18(25)23-12-4-7-22-8-5-12/h4-5,7-8,10-11,16H,6,9H2,1-3H3,(H,24,26)(H,22,23,25)/t16-/m0/s1. The Bertz CT molecular complexity index is 1080. The molecule has 0 saturated heterocycles. The quantitative estimate of drug-likeness (QED) is 0.734. The lowest BCUT2D eigenvalue weighted by Crippen LogP contribution is -2.38. The molecule has 2 amide bonds. The number of aromatic nitrogens is 1. The summed E-state index contributed by atoms with van der Waals surface area (Å²) < 4.78 is 30.6. The van der Waals surface area contributed by atoms with Crippen molar-refractivity contribution in [1.82, 2.24) is 10.3 Å². The van der Waals surface area contributed by atoms with Crippen molar-refractivity contribution in [2.45, 2.75) is 43.7 Å². The predicted octanol–water partition coefficient (Wildman–Crippen LogP) is 3.73. The molecule has 0 radical (unpaired) electrons. The summed E-state index contributed by atoms with van der Waals surface area (Å²) >= 11 is 6.31. The van der Waals surface area contributed by atoms with E-state index in [2.05, 4.69) is 15.6 Å². The highest BCUT2D eigenvalue weighted by Crippen LogP contribution is 2.36. The number of ether oxygens (including phenoxy) is 1. The molecule has 0 bridgehead atoms. The van der Waals surface area contributed by atoms with Gasteiger partial charge in [-0.15, -0.1) is 0 Å². The Morgan fingerprint density at radius 3 is 2.50 bits per heavy atom. The Balaban J connectivity index is 1.93. The summed E-state index contributed by atoms with van der Waals surface area (Å²) in [6.45, 7) is 5.20. The van der Waals surface area contributed by atoms with E-state index in [1.807, 2.05) is 0 Å². The molecule has 0 fully saturated rings. The van der Waals surface area contributed by atoms with Gasteiger partial charge in [0.25, 0.3) is 5.91 Å². The number of carbonyl (C=O) groups is 2. The number of nitrogens with one attached hydrogen (secondary N) is 2. The van der Waals surface area contributed by atoms with Gasteiger partial charge in [0.1, 0.15) is 5.60 Å².